The van der Waals surface area contributed by atoms with E-state index in [1.165, 1.54) is 17.1 Å². The van der Waals surface area contributed by atoms with Gasteiger partial charge in [0.2, 0.25) is 5.95 Å². The highest BCUT2D eigenvalue weighted by Crippen LogP contribution is 2.33. The number of methoxy groups -OCH3 is 2. The molecule has 1 aromatic carbocycles. The summed E-state index contributed by atoms with van der Waals surface area (Å²) in [5, 5.41) is 7.24. The monoisotopic (exact) mass is 405 g/mol. The topological polar surface area (TPSA) is 109 Å². The number of rotatable bonds is 6. The van der Waals surface area contributed by atoms with E-state index in [9.17, 15) is 4.79 Å². The Kier molecular flexibility index (Phi) is 5.12. The summed E-state index contributed by atoms with van der Waals surface area (Å²) in [7, 11) is 4.86. The number of benzene rings is 1. The third kappa shape index (κ3) is 3.70. The van der Waals surface area contributed by atoms with Crippen LogP contribution in [-0.4, -0.2) is 49.4 Å². The van der Waals surface area contributed by atoms with E-state index in [0.717, 1.165) is 5.56 Å². The first-order valence-electron chi connectivity index (χ1n) is 8.97. The number of hydrogen-bond donors (Lipinski definition) is 1. The maximum Gasteiger partial charge on any atom is 0.274 e. The van der Waals surface area contributed by atoms with E-state index in [0.29, 0.717) is 34.5 Å². The number of ether oxygens (including phenoxy) is 2. The molecule has 0 aliphatic carbocycles. The van der Waals surface area contributed by atoms with E-state index < -0.39 is 0 Å². The van der Waals surface area contributed by atoms with E-state index in [1.54, 1.807) is 62.8 Å². The average Bonchev–Trinajstić information content (AvgIpc) is 3.44. The molecule has 10 nitrogen and oxygen atoms in total. The predicted molar refractivity (Wildman–Crippen MR) is 109 cm³/mol. The van der Waals surface area contributed by atoms with Gasteiger partial charge in [-0.25, -0.2) is 15.0 Å². The van der Waals surface area contributed by atoms with Gasteiger partial charge in [-0.05, 0) is 24.3 Å². The zero-order chi connectivity index (χ0) is 21.1. The van der Waals surface area contributed by atoms with Crippen LogP contribution < -0.4 is 14.8 Å². The molecule has 0 atom stereocenters. The first-order chi connectivity index (χ1) is 14.6. The molecular formula is C20H19N7O3. The third-order valence-electron chi connectivity index (χ3n) is 4.43. The maximum atomic E-state index is 12.8. The maximum absolute atomic E-state index is 12.8. The molecule has 0 bridgehead atoms. The fourth-order valence-electron chi connectivity index (χ4n) is 2.92. The summed E-state index contributed by atoms with van der Waals surface area (Å²) >= 11 is 0. The van der Waals surface area contributed by atoms with E-state index in [2.05, 4.69) is 25.4 Å². The summed E-state index contributed by atoms with van der Waals surface area (Å²) in [6.07, 6.45) is 8.02. The van der Waals surface area contributed by atoms with Gasteiger partial charge >= 0.3 is 0 Å². The van der Waals surface area contributed by atoms with E-state index >= 15 is 0 Å². The molecule has 0 unspecified atom stereocenters. The normalized spacial score (nSPS) is 10.6. The van der Waals surface area contributed by atoms with E-state index in [1.807, 2.05) is 6.07 Å². The lowest BCUT2D eigenvalue weighted by Gasteiger charge is -2.08. The Morgan fingerprint density at radius 3 is 2.57 bits per heavy atom. The molecule has 1 N–H and O–H groups in total. The molecule has 0 radical (unpaired) electrons. The van der Waals surface area contributed by atoms with Crippen LogP contribution in [-0.2, 0) is 7.05 Å². The van der Waals surface area contributed by atoms with Crippen LogP contribution in [0.1, 0.15) is 10.5 Å². The van der Waals surface area contributed by atoms with Gasteiger partial charge in [0.25, 0.3) is 5.91 Å². The van der Waals surface area contributed by atoms with Gasteiger partial charge in [-0.2, -0.15) is 5.10 Å². The Bertz CT molecular complexity index is 1170. The first-order valence-corrected chi connectivity index (χ1v) is 8.97. The van der Waals surface area contributed by atoms with Crippen molar-refractivity contribution in [2.45, 2.75) is 0 Å². The molecule has 0 aliphatic heterocycles. The van der Waals surface area contributed by atoms with E-state index in [-0.39, 0.29) is 5.91 Å². The molecule has 0 saturated heterocycles. The number of imidazole rings is 1. The van der Waals surface area contributed by atoms with Crippen LogP contribution in [0.25, 0.3) is 17.2 Å². The van der Waals surface area contributed by atoms with Crippen LogP contribution in [0.3, 0.4) is 0 Å². The number of carbonyl (C=O) groups excluding carboxylic acids is 1. The zero-order valence-corrected chi connectivity index (χ0v) is 16.6. The lowest BCUT2D eigenvalue weighted by molar-refractivity contribution is 0.101. The smallest absolute Gasteiger partial charge is 0.274 e. The second-order valence-corrected chi connectivity index (χ2v) is 6.30. The standard InChI is InChI=1S/C20H19N7O3/c1-26-17(9-16(25-26)15-8-14(29-2)4-5-18(15)30-3)19(28)24-13-10-22-20(23-11-13)27-7-6-21-12-27/h4-12H,1-3H3,(H,24,28). The summed E-state index contributed by atoms with van der Waals surface area (Å²) < 4.78 is 13.9. The fraction of sp³-hybridized carbons (Fsp3) is 0.150. The molecule has 0 saturated carbocycles. The number of hydrogen-bond acceptors (Lipinski definition) is 7. The molecular weight excluding hydrogens is 386 g/mol. The molecule has 4 aromatic rings. The SMILES string of the molecule is COc1ccc(OC)c(-c2cc(C(=O)Nc3cnc(-n4ccnc4)nc3)n(C)n2)c1. The van der Waals surface area contributed by atoms with E-state index in [4.69, 9.17) is 9.47 Å². The fourth-order valence-corrected chi connectivity index (χ4v) is 2.92. The summed E-state index contributed by atoms with van der Waals surface area (Å²) in [5.41, 5.74) is 2.14. The number of nitrogens with one attached hydrogen (secondary N) is 1. The van der Waals surface area contributed by atoms with Gasteiger partial charge in [0, 0.05) is 25.0 Å². The Morgan fingerprint density at radius 1 is 1.10 bits per heavy atom. The molecule has 0 fully saturated rings. The summed E-state index contributed by atoms with van der Waals surface area (Å²) in [6, 6.07) is 7.09. The predicted octanol–water partition coefficient (Wildman–Crippen LogP) is 2.33. The number of nitrogens with zero attached hydrogens (tertiary/aromatic N) is 6. The molecule has 3 heterocycles. The van der Waals surface area contributed by atoms with Crippen LogP contribution in [0, 0.1) is 0 Å². The third-order valence-corrected chi connectivity index (χ3v) is 4.43. The van der Waals surface area contributed by atoms with Crippen molar-refractivity contribution in [3.8, 4) is 28.7 Å². The van der Waals surface area contributed by atoms with Crippen molar-refractivity contribution in [2.24, 2.45) is 7.05 Å². The quantitative estimate of drug-likeness (QED) is 0.524. The Balaban J connectivity index is 1.57. The molecule has 30 heavy (non-hydrogen) atoms. The number of amides is 1. The number of aromatic nitrogens is 6. The number of aryl methyl sites for hydroxylation is 1. The number of anilines is 1. The van der Waals surface area contributed by atoms with Crippen LogP contribution in [0.15, 0.2) is 55.4 Å². The molecule has 3 aromatic heterocycles. The lowest BCUT2D eigenvalue weighted by Crippen LogP contribution is -2.16. The zero-order valence-electron chi connectivity index (χ0n) is 16.6. The Labute approximate surface area is 172 Å². The van der Waals surface area contributed by atoms with Gasteiger partial charge in [-0.15, -0.1) is 0 Å². The van der Waals surface area contributed by atoms with Gasteiger partial charge in [0.05, 0.1) is 38.0 Å². The Hall–Kier alpha value is -4.21. The second kappa shape index (κ2) is 8.03. The van der Waals surface area contributed by atoms with Crippen molar-refractivity contribution in [3.63, 3.8) is 0 Å². The van der Waals surface area contributed by atoms with Crippen molar-refractivity contribution < 1.29 is 14.3 Å². The van der Waals surface area contributed by atoms with Gasteiger partial charge in [-0.3, -0.25) is 14.0 Å². The minimum atomic E-state index is -0.336. The van der Waals surface area contributed by atoms with Crippen molar-refractivity contribution in [2.75, 3.05) is 19.5 Å². The molecule has 0 aliphatic rings. The molecule has 1 amide bonds. The van der Waals surface area contributed by atoms with Crippen molar-refractivity contribution in [1.29, 1.82) is 0 Å². The first kappa shape index (κ1) is 19.1. The van der Waals surface area contributed by atoms with Gasteiger partial charge < -0.3 is 14.8 Å². The van der Waals surface area contributed by atoms with Crippen molar-refractivity contribution in [3.05, 3.63) is 61.1 Å². The van der Waals surface area contributed by atoms with Crippen LogP contribution in [0.2, 0.25) is 0 Å². The molecule has 152 valence electrons. The van der Waals surface area contributed by atoms with Crippen LogP contribution in [0.5, 0.6) is 11.5 Å². The average molecular weight is 405 g/mol. The second-order valence-electron chi connectivity index (χ2n) is 6.30. The highest BCUT2D eigenvalue weighted by atomic mass is 16.5. The van der Waals surface area contributed by atoms with Gasteiger partial charge in [-0.1, -0.05) is 0 Å². The molecule has 4 rings (SSSR count). The summed E-state index contributed by atoms with van der Waals surface area (Å²) in [5.74, 6) is 1.41. The molecule has 0 spiro atoms. The molecule has 10 heteroatoms. The highest BCUT2D eigenvalue weighted by Gasteiger charge is 2.18. The van der Waals surface area contributed by atoms with Crippen LogP contribution in [0.4, 0.5) is 5.69 Å². The lowest BCUT2D eigenvalue weighted by atomic mass is 10.1. The minimum absolute atomic E-state index is 0.336. The number of carbonyl (C=O) groups is 1. The summed E-state index contributed by atoms with van der Waals surface area (Å²) in [4.78, 5) is 25.2. The van der Waals surface area contributed by atoms with Crippen molar-refractivity contribution in [1.82, 2.24) is 29.3 Å². The van der Waals surface area contributed by atoms with Gasteiger partial charge in [0.1, 0.15) is 23.5 Å². The van der Waals surface area contributed by atoms with Crippen molar-refractivity contribution >= 4 is 11.6 Å². The van der Waals surface area contributed by atoms with Crippen LogP contribution >= 0.6 is 0 Å². The largest absolute Gasteiger partial charge is 0.497 e. The van der Waals surface area contributed by atoms with Gasteiger partial charge in [0.15, 0.2) is 0 Å². The summed E-state index contributed by atoms with van der Waals surface area (Å²) in [6.45, 7) is 0. The Morgan fingerprint density at radius 2 is 1.90 bits per heavy atom. The highest BCUT2D eigenvalue weighted by molar-refractivity contribution is 6.03. The minimum Gasteiger partial charge on any atom is -0.497 e.